The van der Waals surface area contributed by atoms with E-state index in [0.717, 1.165) is 20.5 Å². The molecule has 0 bridgehead atoms. The fraction of sp³-hybridized carbons (Fsp3) is 0. The van der Waals surface area contributed by atoms with E-state index in [1.807, 2.05) is 12.1 Å². The van der Waals surface area contributed by atoms with Gasteiger partial charge in [0.15, 0.2) is 0 Å². The Labute approximate surface area is 157 Å². The normalized spacial score (nSPS) is 11.4. The minimum atomic E-state index is 0.935. The molecule has 0 aliphatic heterocycles. The number of furan rings is 1. The fourth-order valence-electron chi connectivity index (χ4n) is 3.26. The van der Waals surface area contributed by atoms with Crippen molar-refractivity contribution in [1.29, 1.82) is 0 Å². The van der Waals surface area contributed by atoms with Gasteiger partial charge in [-0.15, -0.1) is 11.3 Å². The van der Waals surface area contributed by atoms with Crippen LogP contribution in [0.5, 0.6) is 0 Å². The maximum Gasteiger partial charge on any atom is 0.143 e. The van der Waals surface area contributed by atoms with Crippen LogP contribution in [0.2, 0.25) is 0 Å². The minimum Gasteiger partial charge on any atom is -0.455 e. The average molecular weight is 405 g/mol. The second kappa shape index (κ2) is 5.87. The summed E-state index contributed by atoms with van der Waals surface area (Å²) in [6.45, 7) is 0. The molecule has 0 unspecified atom stereocenters. The van der Waals surface area contributed by atoms with Gasteiger partial charge in [0, 0.05) is 21.2 Å². The van der Waals surface area contributed by atoms with Gasteiger partial charge in [-0.1, -0.05) is 60.7 Å². The molecule has 2 aromatic heterocycles. The van der Waals surface area contributed by atoms with E-state index in [1.54, 1.807) is 11.3 Å². The van der Waals surface area contributed by atoms with Crippen molar-refractivity contribution in [3.63, 3.8) is 0 Å². The third-order valence-corrected chi connectivity index (χ3v) is 6.13. The number of rotatable bonds is 2. The number of thiophene rings is 1. The fourth-order valence-corrected chi connectivity index (χ4v) is 4.65. The zero-order chi connectivity index (χ0) is 16.8. The molecule has 0 saturated heterocycles. The van der Waals surface area contributed by atoms with Crippen molar-refractivity contribution in [3.8, 4) is 21.6 Å². The Balaban J connectivity index is 1.65. The van der Waals surface area contributed by atoms with Gasteiger partial charge in [0.05, 0.1) is 3.79 Å². The van der Waals surface area contributed by atoms with Crippen LogP contribution in [0.4, 0.5) is 0 Å². The monoisotopic (exact) mass is 404 g/mol. The summed E-state index contributed by atoms with van der Waals surface area (Å²) in [6, 6.07) is 27.5. The summed E-state index contributed by atoms with van der Waals surface area (Å²) in [4.78, 5) is 1.26. The largest absolute Gasteiger partial charge is 0.455 e. The SMILES string of the molecule is Brc1ccc(-c2ccc(-c3cccc4c3oc3ccccc34)cc2)s1. The molecule has 0 saturated carbocycles. The summed E-state index contributed by atoms with van der Waals surface area (Å²) in [5.41, 5.74) is 5.42. The van der Waals surface area contributed by atoms with Gasteiger partial charge in [-0.3, -0.25) is 0 Å². The maximum absolute atomic E-state index is 6.15. The molecule has 0 aliphatic rings. The van der Waals surface area contributed by atoms with Crippen molar-refractivity contribution in [1.82, 2.24) is 0 Å². The Bertz CT molecular complexity index is 1200. The zero-order valence-electron chi connectivity index (χ0n) is 13.2. The maximum atomic E-state index is 6.15. The molecule has 0 radical (unpaired) electrons. The molecule has 5 rings (SSSR count). The van der Waals surface area contributed by atoms with Gasteiger partial charge in [-0.25, -0.2) is 0 Å². The molecule has 2 heterocycles. The van der Waals surface area contributed by atoms with Crippen molar-refractivity contribution in [2.75, 3.05) is 0 Å². The molecular formula is C22H13BrOS. The molecule has 3 aromatic carbocycles. The summed E-state index contributed by atoms with van der Waals surface area (Å²) in [5, 5.41) is 2.33. The van der Waals surface area contributed by atoms with Crippen LogP contribution in [-0.2, 0) is 0 Å². The summed E-state index contributed by atoms with van der Waals surface area (Å²) < 4.78 is 7.30. The number of para-hydroxylation sites is 2. The van der Waals surface area contributed by atoms with E-state index in [9.17, 15) is 0 Å². The van der Waals surface area contributed by atoms with E-state index < -0.39 is 0 Å². The molecule has 0 fully saturated rings. The molecule has 1 nitrogen and oxygen atoms in total. The molecule has 120 valence electrons. The highest BCUT2D eigenvalue weighted by Crippen LogP contribution is 2.37. The summed E-state index contributed by atoms with van der Waals surface area (Å²) in [5.74, 6) is 0. The van der Waals surface area contributed by atoms with E-state index in [2.05, 4.69) is 82.7 Å². The van der Waals surface area contributed by atoms with Crippen molar-refractivity contribution >= 4 is 49.2 Å². The Morgan fingerprint density at radius 1 is 0.680 bits per heavy atom. The van der Waals surface area contributed by atoms with Crippen LogP contribution in [0.3, 0.4) is 0 Å². The molecule has 0 atom stereocenters. The van der Waals surface area contributed by atoms with E-state index in [0.29, 0.717) is 0 Å². The first kappa shape index (κ1) is 14.9. The summed E-state index contributed by atoms with van der Waals surface area (Å²) in [6.07, 6.45) is 0. The van der Waals surface area contributed by atoms with Gasteiger partial charge < -0.3 is 4.42 Å². The summed E-state index contributed by atoms with van der Waals surface area (Å²) in [7, 11) is 0. The van der Waals surface area contributed by atoms with E-state index in [4.69, 9.17) is 4.42 Å². The highest BCUT2D eigenvalue weighted by molar-refractivity contribution is 9.11. The molecule has 0 aliphatic carbocycles. The van der Waals surface area contributed by atoms with Crippen LogP contribution in [0.25, 0.3) is 43.5 Å². The van der Waals surface area contributed by atoms with Crippen LogP contribution in [0, 0.1) is 0 Å². The van der Waals surface area contributed by atoms with Crippen molar-refractivity contribution < 1.29 is 4.42 Å². The Kier molecular flexibility index (Phi) is 3.51. The summed E-state index contributed by atoms with van der Waals surface area (Å²) >= 11 is 5.28. The smallest absolute Gasteiger partial charge is 0.143 e. The first-order chi connectivity index (χ1) is 12.3. The van der Waals surface area contributed by atoms with E-state index in [1.165, 1.54) is 26.8 Å². The third kappa shape index (κ3) is 2.51. The van der Waals surface area contributed by atoms with E-state index >= 15 is 0 Å². The minimum absolute atomic E-state index is 0.935. The van der Waals surface area contributed by atoms with Gasteiger partial charge in [0.2, 0.25) is 0 Å². The quantitative estimate of drug-likeness (QED) is 0.293. The predicted octanol–water partition coefficient (Wildman–Crippen LogP) is 7.74. The Morgan fingerprint density at radius 3 is 2.24 bits per heavy atom. The second-order valence-corrected chi connectivity index (χ2v) is 8.42. The second-order valence-electron chi connectivity index (χ2n) is 5.96. The molecular weight excluding hydrogens is 392 g/mol. The lowest BCUT2D eigenvalue weighted by molar-refractivity contribution is 0.670. The average Bonchev–Trinajstić information content (AvgIpc) is 3.25. The Hall–Kier alpha value is -2.36. The van der Waals surface area contributed by atoms with Crippen molar-refractivity contribution in [2.24, 2.45) is 0 Å². The predicted molar refractivity (Wildman–Crippen MR) is 110 cm³/mol. The molecule has 0 spiro atoms. The number of benzene rings is 3. The van der Waals surface area contributed by atoms with Crippen molar-refractivity contribution in [3.05, 3.63) is 82.6 Å². The van der Waals surface area contributed by atoms with Gasteiger partial charge in [0.1, 0.15) is 11.2 Å². The molecule has 3 heteroatoms. The highest BCUT2D eigenvalue weighted by Gasteiger charge is 2.11. The molecule has 0 amide bonds. The van der Waals surface area contributed by atoms with E-state index in [-0.39, 0.29) is 0 Å². The first-order valence-electron chi connectivity index (χ1n) is 8.06. The first-order valence-corrected chi connectivity index (χ1v) is 9.67. The van der Waals surface area contributed by atoms with Crippen LogP contribution in [-0.4, -0.2) is 0 Å². The standard InChI is InChI=1S/C22H13BrOS/c23-21-13-12-20(25-21)15-10-8-14(9-11-15)16-5-3-6-18-17-4-1-2-7-19(17)24-22(16)18/h1-13H. The van der Waals surface area contributed by atoms with Gasteiger partial charge in [0.25, 0.3) is 0 Å². The Morgan fingerprint density at radius 2 is 1.44 bits per heavy atom. The third-order valence-electron chi connectivity index (χ3n) is 4.46. The van der Waals surface area contributed by atoms with Gasteiger partial charge in [-0.2, -0.15) is 0 Å². The topological polar surface area (TPSA) is 13.1 Å². The van der Waals surface area contributed by atoms with Crippen molar-refractivity contribution in [2.45, 2.75) is 0 Å². The van der Waals surface area contributed by atoms with Crippen LogP contribution < -0.4 is 0 Å². The van der Waals surface area contributed by atoms with Gasteiger partial charge >= 0.3 is 0 Å². The zero-order valence-corrected chi connectivity index (χ0v) is 15.6. The highest BCUT2D eigenvalue weighted by atomic mass is 79.9. The van der Waals surface area contributed by atoms with Crippen LogP contribution in [0.1, 0.15) is 0 Å². The lowest BCUT2D eigenvalue weighted by Crippen LogP contribution is -1.79. The molecule has 5 aromatic rings. The number of hydrogen-bond acceptors (Lipinski definition) is 2. The molecule has 0 N–H and O–H groups in total. The number of hydrogen-bond donors (Lipinski definition) is 0. The van der Waals surface area contributed by atoms with Gasteiger partial charge in [-0.05, 0) is 45.3 Å². The number of fused-ring (bicyclic) bond motifs is 3. The molecule has 25 heavy (non-hydrogen) atoms. The van der Waals surface area contributed by atoms with Crippen LogP contribution in [0.15, 0.2) is 87.1 Å². The lowest BCUT2D eigenvalue weighted by Gasteiger charge is -2.04. The number of halogens is 1. The van der Waals surface area contributed by atoms with Crippen LogP contribution >= 0.6 is 27.3 Å². The lowest BCUT2D eigenvalue weighted by atomic mass is 10.0.